The molecule has 0 aliphatic carbocycles. The number of carbonyl (C=O) groups excluding carboxylic acids is 1. The average molecular weight is 874 g/mol. The molecule has 0 aromatic rings. The molecular formula is C60H91NO3. The highest BCUT2D eigenvalue weighted by atomic mass is 16.3. The lowest BCUT2D eigenvalue weighted by Gasteiger charge is -2.19. The number of nitrogens with one attached hydrogen (secondary N) is 1. The predicted molar refractivity (Wildman–Crippen MR) is 284 cm³/mol. The second-order valence-electron chi connectivity index (χ2n) is 15.8. The number of allylic oxidation sites excluding steroid dienone is 29. The Hall–Kier alpha value is -4.51. The molecule has 0 saturated carbocycles. The highest BCUT2D eigenvalue weighted by Gasteiger charge is 2.17. The Kier molecular flexibility index (Phi) is 49.1. The minimum absolute atomic E-state index is 0.131. The van der Waals surface area contributed by atoms with Crippen LogP contribution in [0.4, 0.5) is 0 Å². The van der Waals surface area contributed by atoms with Crippen LogP contribution >= 0.6 is 0 Å². The van der Waals surface area contributed by atoms with Gasteiger partial charge in [0.05, 0.1) is 18.8 Å². The molecule has 0 spiro atoms. The van der Waals surface area contributed by atoms with E-state index in [1.54, 1.807) is 6.08 Å². The van der Waals surface area contributed by atoms with Gasteiger partial charge >= 0.3 is 0 Å². The highest BCUT2D eigenvalue weighted by Crippen LogP contribution is 2.06. The fourth-order valence-electron chi connectivity index (χ4n) is 6.07. The lowest BCUT2D eigenvalue weighted by Crippen LogP contribution is -2.45. The number of unbranched alkanes of at least 4 members (excludes halogenated alkanes) is 7. The minimum Gasteiger partial charge on any atom is -0.394 e. The summed E-state index contributed by atoms with van der Waals surface area (Å²) < 4.78 is 0. The summed E-state index contributed by atoms with van der Waals surface area (Å²) in [7, 11) is 0. The Balaban J connectivity index is 3.80. The van der Waals surface area contributed by atoms with Crippen molar-refractivity contribution in [2.45, 2.75) is 180 Å². The molecule has 0 saturated heterocycles. The van der Waals surface area contributed by atoms with Crippen LogP contribution in [-0.2, 0) is 4.79 Å². The van der Waals surface area contributed by atoms with Crippen LogP contribution in [0.5, 0.6) is 0 Å². The third kappa shape index (κ3) is 48.5. The van der Waals surface area contributed by atoms with Crippen molar-refractivity contribution >= 4 is 5.91 Å². The number of hydrogen-bond donors (Lipinski definition) is 3. The smallest absolute Gasteiger partial charge is 0.220 e. The molecule has 0 aromatic carbocycles. The molecule has 0 rings (SSSR count). The van der Waals surface area contributed by atoms with Gasteiger partial charge in [-0.2, -0.15) is 0 Å². The SMILES string of the molecule is CC/C=C\C/C=C\C/C=C\C/C=C\C/C=C\C/C=C\C/C=C\C/C=C\C/C=C\C/C=C\C/C=C\C/C=C\CCCCC(=O)NC(CO)C(O)/C=C/CC/C=C/CC/C=C/CCCCC. The number of aliphatic hydroxyl groups is 2. The first-order valence-electron chi connectivity index (χ1n) is 25.0. The van der Waals surface area contributed by atoms with Crippen LogP contribution in [0, 0.1) is 0 Å². The maximum absolute atomic E-state index is 12.4. The lowest BCUT2D eigenvalue weighted by atomic mass is 10.1. The average Bonchev–Trinajstić information content (AvgIpc) is 3.30. The summed E-state index contributed by atoms with van der Waals surface area (Å²) in [6.07, 6.45) is 88.8. The largest absolute Gasteiger partial charge is 0.394 e. The van der Waals surface area contributed by atoms with E-state index in [2.05, 4.69) is 189 Å². The Labute approximate surface area is 393 Å². The standard InChI is InChI=1S/C60H91NO3/c1-3-5-7-9-11-13-15-17-18-19-20-21-22-23-24-25-26-27-28-29-30-31-32-33-34-35-36-37-38-39-40-41-42-44-46-48-50-52-54-56-60(64)61-58(57-62)59(63)55-53-51-49-47-45-43-16-14-12-10-8-6-4-2/h5,7,11-14,17-18,20-21,23-24,26-27,29-30,32-33,35-36,38-39,41-42,45-48,53,55,58-59,62-63H,3-4,6,8-10,15-16,19,22,25,28,31,34,37,40,43-44,49-52,54,56-57H2,1-2H3,(H,61,64)/b7-5-,13-11-,14-12+,18-17-,21-20-,24-23-,27-26-,30-29-,33-32-,36-35-,39-38-,42-41-,47-45+,48-46-,55-53+. The monoisotopic (exact) mass is 874 g/mol. The Morgan fingerprint density at radius 3 is 1.03 bits per heavy atom. The van der Waals surface area contributed by atoms with Gasteiger partial charge in [-0.3, -0.25) is 4.79 Å². The van der Waals surface area contributed by atoms with Crippen molar-refractivity contribution in [2.24, 2.45) is 0 Å². The molecule has 64 heavy (non-hydrogen) atoms. The fourth-order valence-corrected chi connectivity index (χ4v) is 6.07. The normalized spacial score (nSPS) is 14.5. The number of carbonyl (C=O) groups is 1. The number of rotatable bonds is 42. The third-order valence-corrected chi connectivity index (χ3v) is 9.85. The molecule has 0 heterocycles. The molecule has 0 bridgehead atoms. The molecule has 2 atom stereocenters. The van der Waals surface area contributed by atoms with Gasteiger partial charge in [-0.15, -0.1) is 0 Å². The van der Waals surface area contributed by atoms with Gasteiger partial charge in [0.1, 0.15) is 0 Å². The maximum atomic E-state index is 12.4. The van der Waals surface area contributed by atoms with Crippen molar-refractivity contribution in [1.29, 1.82) is 0 Å². The molecule has 4 heteroatoms. The van der Waals surface area contributed by atoms with Crippen molar-refractivity contribution < 1.29 is 15.0 Å². The molecule has 0 radical (unpaired) electrons. The summed E-state index contributed by atoms with van der Waals surface area (Å²) in [5.41, 5.74) is 0. The van der Waals surface area contributed by atoms with Crippen molar-refractivity contribution in [1.82, 2.24) is 5.32 Å². The Bertz CT molecular complexity index is 1500. The molecule has 4 nitrogen and oxygen atoms in total. The van der Waals surface area contributed by atoms with Gasteiger partial charge in [-0.1, -0.05) is 209 Å². The molecule has 2 unspecified atom stereocenters. The molecule has 1 amide bonds. The summed E-state index contributed by atoms with van der Waals surface area (Å²) >= 11 is 0. The van der Waals surface area contributed by atoms with E-state index in [4.69, 9.17) is 0 Å². The van der Waals surface area contributed by atoms with Gasteiger partial charge in [-0.25, -0.2) is 0 Å². The molecular weight excluding hydrogens is 783 g/mol. The summed E-state index contributed by atoms with van der Waals surface area (Å²) in [5, 5.41) is 22.9. The zero-order valence-corrected chi connectivity index (χ0v) is 40.5. The second kappa shape index (κ2) is 52.8. The molecule has 354 valence electrons. The maximum Gasteiger partial charge on any atom is 0.220 e. The minimum atomic E-state index is -0.901. The zero-order valence-electron chi connectivity index (χ0n) is 40.5. The van der Waals surface area contributed by atoms with Gasteiger partial charge < -0.3 is 15.5 Å². The van der Waals surface area contributed by atoms with E-state index in [0.717, 1.165) is 122 Å². The van der Waals surface area contributed by atoms with E-state index in [-0.39, 0.29) is 12.5 Å². The molecule has 0 fully saturated rings. The highest BCUT2D eigenvalue weighted by molar-refractivity contribution is 5.76. The fraction of sp³-hybridized carbons (Fsp3) is 0.483. The quantitative estimate of drug-likeness (QED) is 0.0423. The van der Waals surface area contributed by atoms with Gasteiger partial charge in [0.25, 0.3) is 0 Å². The van der Waals surface area contributed by atoms with Crippen LogP contribution in [0.15, 0.2) is 182 Å². The molecule has 3 N–H and O–H groups in total. The van der Waals surface area contributed by atoms with Crippen LogP contribution in [0.3, 0.4) is 0 Å². The molecule has 0 aliphatic heterocycles. The number of aliphatic hydroxyl groups excluding tert-OH is 2. The van der Waals surface area contributed by atoms with Crippen LogP contribution in [0.2, 0.25) is 0 Å². The predicted octanol–water partition coefficient (Wildman–Crippen LogP) is 16.6. The first kappa shape index (κ1) is 59.5. The van der Waals surface area contributed by atoms with Crippen molar-refractivity contribution in [3.8, 4) is 0 Å². The number of hydrogen-bond acceptors (Lipinski definition) is 3. The van der Waals surface area contributed by atoms with Crippen LogP contribution in [0.25, 0.3) is 0 Å². The van der Waals surface area contributed by atoms with Crippen molar-refractivity contribution in [3.05, 3.63) is 182 Å². The van der Waals surface area contributed by atoms with Gasteiger partial charge in [0.15, 0.2) is 0 Å². The lowest BCUT2D eigenvalue weighted by molar-refractivity contribution is -0.123. The Morgan fingerprint density at radius 2 is 0.688 bits per heavy atom. The third-order valence-electron chi connectivity index (χ3n) is 9.85. The van der Waals surface area contributed by atoms with E-state index in [1.807, 2.05) is 6.08 Å². The topological polar surface area (TPSA) is 69.6 Å². The van der Waals surface area contributed by atoms with E-state index in [0.29, 0.717) is 6.42 Å². The van der Waals surface area contributed by atoms with E-state index in [1.165, 1.54) is 25.7 Å². The van der Waals surface area contributed by atoms with Gasteiger partial charge in [-0.05, 0) is 135 Å². The number of amides is 1. The summed E-state index contributed by atoms with van der Waals surface area (Å²) in [5.74, 6) is -0.131. The van der Waals surface area contributed by atoms with E-state index >= 15 is 0 Å². The van der Waals surface area contributed by atoms with Crippen molar-refractivity contribution in [2.75, 3.05) is 6.61 Å². The van der Waals surface area contributed by atoms with E-state index in [9.17, 15) is 15.0 Å². The summed E-state index contributed by atoms with van der Waals surface area (Å²) in [4.78, 5) is 12.4. The van der Waals surface area contributed by atoms with Crippen molar-refractivity contribution in [3.63, 3.8) is 0 Å². The van der Waals surface area contributed by atoms with Crippen LogP contribution in [-0.4, -0.2) is 34.9 Å². The van der Waals surface area contributed by atoms with Crippen LogP contribution < -0.4 is 5.32 Å². The van der Waals surface area contributed by atoms with Gasteiger partial charge in [0, 0.05) is 6.42 Å². The second-order valence-corrected chi connectivity index (χ2v) is 15.8. The van der Waals surface area contributed by atoms with Crippen LogP contribution in [0.1, 0.15) is 168 Å². The zero-order chi connectivity index (χ0) is 46.3. The summed E-state index contributed by atoms with van der Waals surface area (Å²) in [6.45, 7) is 4.10. The van der Waals surface area contributed by atoms with Gasteiger partial charge in [0.2, 0.25) is 5.91 Å². The molecule has 0 aliphatic rings. The van der Waals surface area contributed by atoms with E-state index < -0.39 is 12.1 Å². The Morgan fingerprint density at radius 1 is 0.391 bits per heavy atom. The first-order chi connectivity index (χ1) is 31.7. The molecule has 0 aromatic heterocycles. The summed E-state index contributed by atoms with van der Waals surface area (Å²) in [6, 6.07) is -0.682. The first-order valence-corrected chi connectivity index (χ1v) is 25.0.